The highest BCUT2D eigenvalue weighted by molar-refractivity contribution is 7.98. The highest BCUT2D eigenvalue weighted by Gasteiger charge is 2.21. The SMILES string of the molecule is N#Cc1c(N)nc(SCc2csc(-c3ccc(Cl)cc3)n2)c(C#N)c1-c1ccc(OCCOC(=O)CC[C@H](N)C(=O)NCCN)cc1. The minimum Gasteiger partial charge on any atom is -0.490 e. The van der Waals surface area contributed by atoms with Crippen molar-refractivity contribution in [3.8, 4) is 39.6 Å². The molecule has 2 heterocycles. The van der Waals surface area contributed by atoms with E-state index in [0.717, 1.165) is 16.3 Å². The van der Waals surface area contributed by atoms with Gasteiger partial charge in [0.15, 0.2) is 0 Å². The second-order valence-electron chi connectivity index (χ2n) is 9.91. The zero-order valence-corrected chi connectivity index (χ0v) is 27.5. The fourth-order valence-electron chi connectivity index (χ4n) is 4.27. The maximum atomic E-state index is 12.0. The minimum absolute atomic E-state index is 0.00595. The maximum Gasteiger partial charge on any atom is 0.305 e. The first-order valence-electron chi connectivity index (χ1n) is 14.3. The lowest BCUT2D eigenvalue weighted by Crippen LogP contribution is -2.42. The lowest BCUT2D eigenvalue weighted by Gasteiger charge is -2.14. The molecule has 0 aliphatic rings. The monoisotopic (exact) mass is 690 g/mol. The van der Waals surface area contributed by atoms with Gasteiger partial charge in [-0.2, -0.15) is 10.5 Å². The van der Waals surface area contributed by atoms with Crippen molar-refractivity contribution in [2.45, 2.75) is 29.7 Å². The predicted molar refractivity (Wildman–Crippen MR) is 181 cm³/mol. The Balaban J connectivity index is 1.37. The van der Waals surface area contributed by atoms with Gasteiger partial charge in [0.25, 0.3) is 0 Å². The largest absolute Gasteiger partial charge is 0.490 e. The number of nitrogens with one attached hydrogen (secondary N) is 1. The van der Waals surface area contributed by atoms with Crippen molar-refractivity contribution in [1.29, 1.82) is 10.5 Å². The van der Waals surface area contributed by atoms with E-state index in [1.807, 2.05) is 29.6 Å². The lowest BCUT2D eigenvalue weighted by atomic mass is 9.97. The molecule has 0 spiro atoms. The number of esters is 1. The van der Waals surface area contributed by atoms with Gasteiger partial charge in [0.1, 0.15) is 52.5 Å². The summed E-state index contributed by atoms with van der Waals surface area (Å²) in [6.45, 7) is 0.687. The van der Waals surface area contributed by atoms with Gasteiger partial charge in [-0.25, -0.2) is 9.97 Å². The molecule has 1 amide bonds. The summed E-state index contributed by atoms with van der Waals surface area (Å²) in [5.74, 6) is 0.0636. The average molecular weight is 691 g/mol. The van der Waals surface area contributed by atoms with E-state index in [1.165, 1.54) is 23.1 Å². The molecule has 0 aliphatic heterocycles. The Morgan fingerprint density at radius 2 is 1.72 bits per heavy atom. The van der Waals surface area contributed by atoms with Crippen LogP contribution in [-0.4, -0.2) is 54.2 Å². The van der Waals surface area contributed by atoms with Gasteiger partial charge in [0.05, 0.1) is 17.3 Å². The number of hydrogen-bond acceptors (Lipinski definition) is 13. The van der Waals surface area contributed by atoms with Crippen LogP contribution in [0.2, 0.25) is 5.02 Å². The van der Waals surface area contributed by atoms with E-state index in [4.69, 9.17) is 43.3 Å². The molecule has 4 aromatic rings. The van der Waals surface area contributed by atoms with Gasteiger partial charge in [-0.15, -0.1) is 11.3 Å². The first-order chi connectivity index (χ1) is 22.7. The number of carbonyl (C=O) groups excluding carboxylic acids is 2. The Morgan fingerprint density at radius 3 is 2.40 bits per heavy atom. The standard InChI is InChI=1S/C32H31ClN8O4S2/c33-21-5-1-20(2-6-21)31-40-22(17-46-31)18-47-32-25(16-36)28(24(15-35)29(38)41-32)19-3-7-23(8-4-19)44-13-14-45-27(42)10-9-26(37)30(43)39-12-11-34/h1-8,17,26H,9-14,18,34,37H2,(H2,38,41)(H,39,43)/t26-/m0/s1. The smallest absolute Gasteiger partial charge is 0.305 e. The highest BCUT2D eigenvalue weighted by atomic mass is 35.5. The summed E-state index contributed by atoms with van der Waals surface area (Å²) in [6, 6.07) is 17.7. The summed E-state index contributed by atoms with van der Waals surface area (Å²) in [7, 11) is 0. The molecule has 4 rings (SSSR count). The van der Waals surface area contributed by atoms with Crippen LogP contribution >= 0.6 is 34.7 Å². The summed E-state index contributed by atoms with van der Waals surface area (Å²) in [5.41, 5.74) is 20.3. The summed E-state index contributed by atoms with van der Waals surface area (Å²) in [6.07, 6.45) is 0.126. The number of nitrogens with two attached hydrogens (primary N) is 3. The Labute approximate surface area is 284 Å². The second kappa shape index (κ2) is 17.3. The number of nitrogens with zero attached hydrogens (tertiary/aromatic N) is 4. The number of thioether (sulfide) groups is 1. The molecule has 12 nitrogen and oxygen atoms in total. The van der Waals surface area contributed by atoms with Gasteiger partial charge in [0.2, 0.25) is 5.91 Å². The number of carbonyl (C=O) groups is 2. The van der Waals surface area contributed by atoms with Gasteiger partial charge in [-0.3, -0.25) is 9.59 Å². The highest BCUT2D eigenvalue weighted by Crippen LogP contribution is 2.37. The minimum atomic E-state index is -0.829. The van der Waals surface area contributed by atoms with Crippen LogP contribution in [0.5, 0.6) is 5.75 Å². The van der Waals surface area contributed by atoms with Crippen LogP contribution in [-0.2, 0) is 20.1 Å². The average Bonchev–Trinajstić information content (AvgIpc) is 3.56. The van der Waals surface area contributed by atoms with Gasteiger partial charge in [-0.05, 0) is 36.2 Å². The van der Waals surface area contributed by atoms with Crippen molar-refractivity contribution in [2.24, 2.45) is 11.5 Å². The van der Waals surface area contributed by atoms with Crippen LogP contribution in [0.15, 0.2) is 58.9 Å². The molecule has 242 valence electrons. The number of rotatable bonds is 15. The van der Waals surface area contributed by atoms with Crippen LogP contribution in [0.4, 0.5) is 5.82 Å². The van der Waals surface area contributed by atoms with Crippen molar-refractivity contribution in [3.05, 3.63) is 75.8 Å². The van der Waals surface area contributed by atoms with Crippen LogP contribution < -0.4 is 27.3 Å². The van der Waals surface area contributed by atoms with Crippen LogP contribution in [0.3, 0.4) is 0 Å². The van der Waals surface area contributed by atoms with Gasteiger partial charge in [-0.1, -0.05) is 47.6 Å². The number of thiazole rings is 1. The van der Waals surface area contributed by atoms with E-state index in [0.29, 0.717) is 45.8 Å². The molecule has 47 heavy (non-hydrogen) atoms. The molecule has 0 fully saturated rings. The lowest BCUT2D eigenvalue weighted by molar-refractivity contribution is -0.144. The zero-order valence-electron chi connectivity index (χ0n) is 25.1. The Hall–Kier alpha value is -4.70. The molecule has 0 saturated carbocycles. The quantitative estimate of drug-likeness (QED) is 0.0782. The zero-order chi connectivity index (χ0) is 33.8. The van der Waals surface area contributed by atoms with Crippen LogP contribution in [0.1, 0.15) is 29.7 Å². The fourth-order valence-corrected chi connectivity index (χ4v) is 6.21. The summed E-state index contributed by atoms with van der Waals surface area (Å²) >= 11 is 8.81. The third-order valence-electron chi connectivity index (χ3n) is 6.61. The van der Waals surface area contributed by atoms with E-state index in [9.17, 15) is 20.1 Å². The number of pyridine rings is 1. The molecule has 0 unspecified atom stereocenters. The number of anilines is 1. The molecule has 7 N–H and O–H groups in total. The van der Waals surface area contributed by atoms with Gasteiger partial charge in [0, 0.05) is 46.8 Å². The molecule has 0 saturated heterocycles. The van der Waals surface area contributed by atoms with Crippen LogP contribution in [0.25, 0.3) is 21.7 Å². The third kappa shape index (κ3) is 9.65. The summed E-state index contributed by atoms with van der Waals surface area (Å²) < 4.78 is 10.8. The number of aromatic nitrogens is 2. The Kier molecular flexibility index (Phi) is 12.9. The molecule has 0 bridgehead atoms. The molecule has 0 radical (unpaired) electrons. The van der Waals surface area contributed by atoms with Crippen molar-refractivity contribution < 1.29 is 19.1 Å². The number of ether oxygens (including phenoxy) is 2. The molecular formula is C32H31ClN8O4S2. The molecule has 2 aromatic heterocycles. The van der Waals surface area contributed by atoms with Crippen molar-refractivity contribution in [1.82, 2.24) is 15.3 Å². The molecule has 1 atom stereocenters. The number of nitrogen functional groups attached to an aromatic ring is 1. The van der Waals surface area contributed by atoms with Crippen LogP contribution in [0, 0.1) is 22.7 Å². The number of hydrogen-bond donors (Lipinski definition) is 4. The number of nitriles is 2. The van der Waals surface area contributed by atoms with E-state index < -0.39 is 12.0 Å². The van der Waals surface area contributed by atoms with Gasteiger partial charge >= 0.3 is 5.97 Å². The summed E-state index contributed by atoms with van der Waals surface area (Å²) in [5, 5.41) is 26.4. The van der Waals surface area contributed by atoms with Crippen molar-refractivity contribution in [3.63, 3.8) is 0 Å². The Morgan fingerprint density at radius 1 is 1.02 bits per heavy atom. The van der Waals surface area contributed by atoms with E-state index in [-0.39, 0.29) is 48.9 Å². The van der Waals surface area contributed by atoms with Crippen molar-refractivity contribution >= 4 is 52.4 Å². The predicted octanol–water partition coefficient (Wildman–Crippen LogP) is 4.25. The fraction of sp³-hybridized carbons (Fsp3) is 0.250. The number of amides is 1. The molecule has 2 aromatic carbocycles. The molecule has 0 aliphatic carbocycles. The van der Waals surface area contributed by atoms with E-state index >= 15 is 0 Å². The Bertz CT molecular complexity index is 1790. The topological polar surface area (TPSA) is 216 Å². The van der Waals surface area contributed by atoms with E-state index in [1.54, 1.807) is 24.3 Å². The maximum absolute atomic E-state index is 12.0. The van der Waals surface area contributed by atoms with Gasteiger partial charge < -0.3 is 32.0 Å². The second-order valence-corrected chi connectivity index (χ2v) is 12.2. The first-order valence-corrected chi connectivity index (χ1v) is 16.6. The number of benzene rings is 2. The summed E-state index contributed by atoms with van der Waals surface area (Å²) in [4.78, 5) is 32.8. The molecule has 15 heteroatoms. The molecular weight excluding hydrogens is 660 g/mol. The number of halogens is 1. The first kappa shape index (κ1) is 35.2. The van der Waals surface area contributed by atoms with Crippen molar-refractivity contribution in [2.75, 3.05) is 32.0 Å². The third-order valence-corrected chi connectivity index (χ3v) is 8.81. The normalized spacial score (nSPS) is 11.3. The van der Waals surface area contributed by atoms with E-state index in [2.05, 4.69) is 22.4 Å².